The third-order valence-corrected chi connectivity index (χ3v) is 2.71. The Labute approximate surface area is 105 Å². The second-order valence-corrected chi connectivity index (χ2v) is 4.22. The van der Waals surface area contributed by atoms with Gasteiger partial charge in [-0.25, -0.2) is 4.79 Å². The van der Waals surface area contributed by atoms with Gasteiger partial charge in [0.2, 0.25) is 0 Å². The molecule has 0 aromatic carbocycles. The highest BCUT2D eigenvalue weighted by Gasteiger charge is 2.17. The molecule has 2 rings (SSSR count). The lowest BCUT2D eigenvalue weighted by molar-refractivity contribution is 0.0697. The quantitative estimate of drug-likeness (QED) is 0.875. The van der Waals surface area contributed by atoms with E-state index in [1.807, 2.05) is 0 Å². The zero-order valence-corrected chi connectivity index (χ0v) is 10.5. The molecular weight excluding hydrogens is 232 g/mol. The number of rotatable bonds is 5. The van der Waals surface area contributed by atoms with Crippen LogP contribution in [-0.4, -0.2) is 30.6 Å². The summed E-state index contributed by atoms with van der Waals surface area (Å²) in [5.41, 5.74) is 1.43. The normalized spacial score (nSPS) is 10.8. The van der Waals surface area contributed by atoms with Crippen molar-refractivity contribution in [1.29, 1.82) is 0 Å². The fourth-order valence-corrected chi connectivity index (χ4v) is 1.77. The molecule has 0 saturated carbocycles. The molecule has 0 aliphatic heterocycles. The summed E-state index contributed by atoms with van der Waals surface area (Å²) in [6.07, 6.45) is 7.00. The van der Waals surface area contributed by atoms with Crippen molar-refractivity contribution in [2.75, 3.05) is 0 Å². The molecule has 18 heavy (non-hydrogen) atoms. The molecule has 6 nitrogen and oxygen atoms in total. The Morgan fingerprint density at radius 1 is 1.44 bits per heavy atom. The Bertz CT molecular complexity index is 556. The number of carboxylic acids is 1. The van der Waals surface area contributed by atoms with Gasteiger partial charge < -0.3 is 5.11 Å². The molecule has 0 unspecified atom stereocenters. The largest absolute Gasteiger partial charge is 0.478 e. The van der Waals surface area contributed by atoms with Crippen LogP contribution in [-0.2, 0) is 13.6 Å². The molecule has 0 fully saturated rings. The number of carboxylic acid groups (broad SMARTS) is 1. The van der Waals surface area contributed by atoms with E-state index in [0.717, 1.165) is 24.9 Å². The first-order valence-corrected chi connectivity index (χ1v) is 5.91. The van der Waals surface area contributed by atoms with Crippen LogP contribution in [0.3, 0.4) is 0 Å². The van der Waals surface area contributed by atoms with Crippen LogP contribution in [0.15, 0.2) is 18.6 Å². The number of unbranched alkanes of at least 4 members (excludes halogenated alkanes) is 1. The van der Waals surface area contributed by atoms with Gasteiger partial charge in [0.25, 0.3) is 0 Å². The fourth-order valence-electron chi connectivity index (χ4n) is 1.77. The lowest BCUT2D eigenvalue weighted by atomic mass is 10.1. The number of aryl methyl sites for hydroxylation is 2. The molecule has 0 aliphatic carbocycles. The molecule has 0 atom stereocenters. The Hall–Kier alpha value is -2.11. The van der Waals surface area contributed by atoms with Crippen LogP contribution in [0.2, 0.25) is 0 Å². The zero-order valence-electron chi connectivity index (χ0n) is 10.5. The average molecular weight is 248 g/mol. The van der Waals surface area contributed by atoms with Crippen molar-refractivity contribution in [2.24, 2.45) is 7.05 Å². The molecule has 0 saturated heterocycles. The second kappa shape index (κ2) is 5.03. The highest BCUT2D eigenvalue weighted by atomic mass is 16.4. The Kier molecular flexibility index (Phi) is 3.45. The first-order valence-electron chi connectivity index (χ1n) is 5.91. The summed E-state index contributed by atoms with van der Waals surface area (Å²) in [6.45, 7) is 2.82. The van der Waals surface area contributed by atoms with Crippen LogP contribution in [0.5, 0.6) is 0 Å². The summed E-state index contributed by atoms with van der Waals surface area (Å²) >= 11 is 0. The maximum atomic E-state index is 11.2. The molecule has 0 amide bonds. The van der Waals surface area contributed by atoms with E-state index in [1.54, 1.807) is 35.0 Å². The van der Waals surface area contributed by atoms with Gasteiger partial charge >= 0.3 is 5.97 Å². The third kappa shape index (κ3) is 2.42. The van der Waals surface area contributed by atoms with E-state index in [0.29, 0.717) is 5.69 Å². The number of nitrogens with zero attached hydrogens (tertiary/aromatic N) is 4. The van der Waals surface area contributed by atoms with Gasteiger partial charge in [-0.2, -0.15) is 10.2 Å². The number of hydrogen-bond acceptors (Lipinski definition) is 3. The molecule has 2 aromatic heterocycles. The van der Waals surface area contributed by atoms with E-state index < -0.39 is 5.97 Å². The van der Waals surface area contributed by atoms with Crippen molar-refractivity contribution in [3.8, 4) is 11.3 Å². The molecular formula is C12H16N4O2. The monoisotopic (exact) mass is 248 g/mol. The average Bonchev–Trinajstić information content (AvgIpc) is 2.92. The highest BCUT2D eigenvalue weighted by Crippen LogP contribution is 2.21. The molecule has 1 N–H and O–H groups in total. The van der Waals surface area contributed by atoms with E-state index in [-0.39, 0.29) is 5.56 Å². The Morgan fingerprint density at radius 3 is 2.78 bits per heavy atom. The van der Waals surface area contributed by atoms with E-state index in [1.165, 1.54) is 0 Å². The molecule has 0 aliphatic rings. The predicted octanol–water partition coefficient (Wildman–Crippen LogP) is 1.78. The minimum atomic E-state index is -0.961. The van der Waals surface area contributed by atoms with Crippen LogP contribution in [0.25, 0.3) is 11.3 Å². The van der Waals surface area contributed by atoms with Gasteiger partial charge in [0.1, 0.15) is 11.3 Å². The first kappa shape index (κ1) is 12.3. The summed E-state index contributed by atoms with van der Waals surface area (Å²) in [4.78, 5) is 11.2. The van der Waals surface area contributed by atoms with Gasteiger partial charge in [0, 0.05) is 31.5 Å². The van der Waals surface area contributed by atoms with E-state index in [4.69, 9.17) is 0 Å². The van der Waals surface area contributed by atoms with Gasteiger partial charge in [0.05, 0.1) is 6.20 Å². The molecule has 0 bridgehead atoms. The van der Waals surface area contributed by atoms with Crippen molar-refractivity contribution >= 4 is 5.97 Å². The fraction of sp³-hybridized carbons (Fsp3) is 0.417. The number of aromatic nitrogens is 4. The number of carbonyl (C=O) groups is 1. The second-order valence-electron chi connectivity index (χ2n) is 4.22. The van der Waals surface area contributed by atoms with Crippen LogP contribution in [0, 0.1) is 0 Å². The third-order valence-electron chi connectivity index (χ3n) is 2.71. The van der Waals surface area contributed by atoms with Gasteiger partial charge in [-0.15, -0.1) is 0 Å². The maximum Gasteiger partial charge on any atom is 0.339 e. The van der Waals surface area contributed by atoms with Crippen LogP contribution >= 0.6 is 0 Å². The lowest BCUT2D eigenvalue weighted by Gasteiger charge is -1.97. The first-order chi connectivity index (χ1) is 8.61. The van der Waals surface area contributed by atoms with Crippen molar-refractivity contribution in [1.82, 2.24) is 19.6 Å². The van der Waals surface area contributed by atoms with Crippen molar-refractivity contribution in [3.05, 3.63) is 24.2 Å². The number of hydrogen-bond donors (Lipinski definition) is 1. The van der Waals surface area contributed by atoms with Crippen molar-refractivity contribution in [3.63, 3.8) is 0 Å². The van der Waals surface area contributed by atoms with Crippen molar-refractivity contribution < 1.29 is 9.90 Å². The standard InChI is InChI=1S/C12H16N4O2/c1-3-4-5-16-8-10(12(17)18)11(14-16)9-6-13-15(2)7-9/h6-8H,3-5H2,1-2H3,(H,17,18). The van der Waals surface area contributed by atoms with Crippen molar-refractivity contribution in [2.45, 2.75) is 26.3 Å². The minimum Gasteiger partial charge on any atom is -0.478 e. The van der Waals surface area contributed by atoms with Crippen LogP contribution < -0.4 is 0 Å². The molecule has 0 radical (unpaired) electrons. The molecule has 0 spiro atoms. The highest BCUT2D eigenvalue weighted by molar-refractivity contribution is 5.94. The molecule has 96 valence electrons. The van der Waals surface area contributed by atoms with Gasteiger partial charge in [-0.1, -0.05) is 13.3 Å². The summed E-state index contributed by atoms with van der Waals surface area (Å²) in [6, 6.07) is 0. The molecule has 6 heteroatoms. The van der Waals surface area contributed by atoms with Gasteiger partial charge in [0.15, 0.2) is 0 Å². The SMILES string of the molecule is CCCCn1cc(C(=O)O)c(-c2cnn(C)c2)n1. The molecule has 2 aromatic rings. The van der Waals surface area contributed by atoms with E-state index in [2.05, 4.69) is 17.1 Å². The predicted molar refractivity (Wildman–Crippen MR) is 66.3 cm³/mol. The lowest BCUT2D eigenvalue weighted by Crippen LogP contribution is -1.98. The maximum absolute atomic E-state index is 11.2. The summed E-state index contributed by atoms with van der Waals surface area (Å²) < 4.78 is 3.32. The van der Waals surface area contributed by atoms with Crippen LogP contribution in [0.1, 0.15) is 30.1 Å². The van der Waals surface area contributed by atoms with E-state index >= 15 is 0 Å². The zero-order chi connectivity index (χ0) is 13.1. The summed E-state index contributed by atoms with van der Waals surface area (Å²) in [7, 11) is 1.79. The summed E-state index contributed by atoms with van der Waals surface area (Å²) in [5.74, 6) is -0.961. The molecule has 2 heterocycles. The number of aromatic carboxylic acids is 1. The summed E-state index contributed by atoms with van der Waals surface area (Å²) in [5, 5.41) is 17.6. The van der Waals surface area contributed by atoms with Crippen LogP contribution in [0.4, 0.5) is 0 Å². The topological polar surface area (TPSA) is 72.9 Å². The van der Waals surface area contributed by atoms with Gasteiger partial charge in [-0.3, -0.25) is 9.36 Å². The smallest absolute Gasteiger partial charge is 0.339 e. The minimum absolute atomic E-state index is 0.221. The van der Waals surface area contributed by atoms with E-state index in [9.17, 15) is 9.90 Å². The van der Waals surface area contributed by atoms with Gasteiger partial charge in [-0.05, 0) is 6.42 Å². The Morgan fingerprint density at radius 2 is 2.22 bits per heavy atom. The Balaban J connectivity index is 2.38.